The van der Waals surface area contributed by atoms with Crippen LogP contribution in [0.2, 0.25) is 0 Å². The van der Waals surface area contributed by atoms with E-state index in [1.54, 1.807) is 12.0 Å². The molecule has 2 amide bonds. The van der Waals surface area contributed by atoms with Gasteiger partial charge in [-0.1, -0.05) is 25.0 Å². The minimum Gasteiger partial charge on any atom is -0.497 e. The van der Waals surface area contributed by atoms with Crippen LogP contribution in [0.4, 0.5) is 0 Å². The van der Waals surface area contributed by atoms with Gasteiger partial charge in [0.2, 0.25) is 5.91 Å². The van der Waals surface area contributed by atoms with Gasteiger partial charge >= 0.3 is 0 Å². The van der Waals surface area contributed by atoms with Gasteiger partial charge in [-0.05, 0) is 69.0 Å². The summed E-state index contributed by atoms with van der Waals surface area (Å²) in [6, 6.07) is 15.9. The summed E-state index contributed by atoms with van der Waals surface area (Å²) in [5, 5.41) is 4.23. The zero-order valence-electron chi connectivity index (χ0n) is 21.4. The molecule has 2 aromatic carbocycles. The number of aromatic nitrogens is 1. The van der Waals surface area contributed by atoms with Gasteiger partial charge in [0, 0.05) is 24.0 Å². The van der Waals surface area contributed by atoms with Crippen LogP contribution in [-0.2, 0) is 17.8 Å². The fourth-order valence-corrected chi connectivity index (χ4v) is 5.58. The van der Waals surface area contributed by atoms with Crippen molar-refractivity contribution in [2.75, 3.05) is 20.3 Å². The Kier molecular flexibility index (Phi) is 6.65. The normalized spacial score (nSPS) is 20.0. The first-order valence-corrected chi connectivity index (χ1v) is 12.9. The third-order valence-electron chi connectivity index (χ3n) is 7.68. The monoisotopic (exact) mass is 489 g/mol. The van der Waals surface area contributed by atoms with Crippen molar-refractivity contribution in [3.63, 3.8) is 0 Å². The van der Waals surface area contributed by atoms with Crippen LogP contribution >= 0.6 is 0 Å². The molecule has 1 aromatic heterocycles. The number of amides is 2. The number of nitrogens with one attached hydrogen (secondary N) is 1. The van der Waals surface area contributed by atoms with E-state index in [2.05, 4.69) is 5.32 Å². The molecule has 7 nitrogen and oxygen atoms in total. The van der Waals surface area contributed by atoms with E-state index >= 15 is 0 Å². The summed E-state index contributed by atoms with van der Waals surface area (Å²) in [4.78, 5) is 29.5. The van der Waals surface area contributed by atoms with Crippen LogP contribution in [0.25, 0.3) is 10.9 Å². The number of fused-ring (bicyclic) bond motifs is 3. The molecule has 3 aromatic rings. The Morgan fingerprint density at radius 2 is 1.81 bits per heavy atom. The average Bonchev–Trinajstić information content (AvgIpc) is 3.52. The van der Waals surface area contributed by atoms with Gasteiger partial charge in [0.1, 0.15) is 22.7 Å². The minimum absolute atomic E-state index is 0.0789. The van der Waals surface area contributed by atoms with Crippen LogP contribution in [-0.4, -0.2) is 53.1 Å². The Hall–Kier alpha value is -3.48. The lowest BCUT2D eigenvalue weighted by Crippen LogP contribution is -2.65. The molecule has 2 aliphatic rings. The van der Waals surface area contributed by atoms with E-state index in [4.69, 9.17) is 9.47 Å². The second-order valence-corrected chi connectivity index (χ2v) is 10.1. The molecule has 0 radical (unpaired) electrons. The summed E-state index contributed by atoms with van der Waals surface area (Å²) in [6.45, 7) is 5.33. The Balaban J connectivity index is 1.47. The lowest BCUT2D eigenvalue weighted by Gasteiger charge is -2.44. The molecule has 0 spiro atoms. The number of carbonyl (C=O) groups is 2. The van der Waals surface area contributed by atoms with Crippen LogP contribution in [0.3, 0.4) is 0 Å². The van der Waals surface area contributed by atoms with E-state index in [1.165, 1.54) is 0 Å². The van der Waals surface area contributed by atoms with Crippen LogP contribution in [0.1, 0.15) is 55.6 Å². The molecular formula is C29H35N3O4. The highest BCUT2D eigenvalue weighted by atomic mass is 16.5. The molecule has 1 atom stereocenters. The van der Waals surface area contributed by atoms with Crippen LogP contribution in [0, 0.1) is 0 Å². The van der Waals surface area contributed by atoms with Crippen molar-refractivity contribution < 1.29 is 19.1 Å². The molecule has 190 valence electrons. The van der Waals surface area contributed by atoms with Crippen molar-refractivity contribution in [1.82, 2.24) is 14.8 Å². The van der Waals surface area contributed by atoms with Gasteiger partial charge in [0.15, 0.2) is 0 Å². The fourth-order valence-electron chi connectivity index (χ4n) is 5.58. The number of hydrogen-bond donors (Lipinski definition) is 1. The standard InChI is InChI=1S/C29H35N3O4/c1-4-36-23-12-9-20(10-13-23)15-16-32-27(33)26-17-21-11-14-24(35-3)18-25(21)31(26)19-29(32,2)28(34)30-22-7-5-6-8-22/h9-14,17-18,22H,4-8,15-16,19H2,1-3H3,(H,30,34)/t29-/m1/s1. The van der Waals surface area contributed by atoms with Crippen LogP contribution in [0.15, 0.2) is 48.5 Å². The van der Waals surface area contributed by atoms with E-state index in [0.717, 1.165) is 53.6 Å². The molecule has 1 aliphatic carbocycles. The maximum absolute atomic E-state index is 13.9. The van der Waals surface area contributed by atoms with Crippen LogP contribution in [0.5, 0.6) is 11.5 Å². The Labute approximate surface area is 212 Å². The Morgan fingerprint density at radius 3 is 2.50 bits per heavy atom. The maximum atomic E-state index is 13.9. The molecule has 2 heterocycles. The molecule has 0 saturated heterocycles. The largest absolute Gasteiger partial charge is 0.497 e. The van der Waals surface area contributed by atoms with Gasteiger partial charge in [-0.3, -0.25) is 9.59 Å². The number of nitrogens with zero attached hydrogens (tertiary/aromatic N) is 2. The number of benzene rings is 2. The van der Waals surface area contributed by atoms with E-state index in [-0.39, 0.29) is 17.9 Å². The molecule has 1 saturated carbocycles. The van der Waals surface area contributed by atoms with E-state index < -0.39 is 5.54 Å². The summed E-state index contributed by atoms with van der Waals surface area (Å²) in [5.74, 6) is 1.36. The third kappa shape index (κ3) is 4.43. The molecule has 1 aliphatic heterocycles. The third-order valence-corrected chi connectivity index (χ3v) is 7.68. The lowest BCUT2D eigenvalue weighted by molar-refractivity contribution is -0.133. The lowest BCUT2D eigenvalue weighted by atomic mass is 9.93. The zero-order valence-corrected chi connectivity index (χ0v) is 21.4. The predicted molar refractivity (Wildman–Crippen MR) is 140 cm³/mol. The summed E-state index contributed by atoms with van der Waals surface area (Å²) in [6.07, 6.45) is 4.91. The highest BCUT2D eigenvalue weighted by molar-refractivity contribution is 6.03. The Morgan fingerprint density at radius 1 is 1.08 bits per heavy atom. The predicted octanol–water partition coefficient (Wildman–Crippen LogP) is 4.56. The fraction of sp³-hybridized carbons (Fsp3) is 0.448. The first kappa shape index (κ1) is 24.2. The van der Waals surface area contributed by atoms with Gasteiger partial charge in [-0.25, -0.2) is 0 Å². The average molecular weight is 490 g/mol. The molecule has 5 rings (SSSR count). The highest BCUT2D eigenvalue weighted by Gasteiger charge is 2.48. The summed E-state index contributed by atoms with van der Waals surface area (Å²) in [5.41, 5.74) is 1.60. The maximum Gasteiger partial charge on any atom is 0.271 e. The highest BCUT2D eigenvalue weighted by Crippen LogP contribution is 2.34. The van der Waals surface area contributed by atoms with E-state index in [0.29, 0.717) is 31.8 Å². The minimum atomic E-state index is -1.01. The van der Waals surface area contributed by atoms with E-state index in [9.17, 15) is 9.59 Å². The SMILES string of the molecule is CCOc1ccc(CCN2C(=O)c3cc4ccc(OC)cc4n3C[C@]2(C)C(=O)NC2CCCC2)cc1. The van der Waals surface area contributed by atoms with Crippen molar-refractivity contribution in [3.05, 3.63) is 59.8 Å². The number of methoxy groups -OCH3 is 1. The van der Waals surface area contributed by atoms with Crippen molar-refractivity contribution in [2.45, 2.75) is 64.1 Å². The first-order chi connectivity index (χ1) is 17.4. The van der Waals surface area contributed by atoms with Gasteiger partial charge in [-0.15, -0.1) is 0 Å². The Bertz CT molecular complexity index is 1260. The second kappa shape index (κ2) is 9.88. The molecule has 0 unspecified atom stereocenters. The van der Waals surface area contributed by atoms with Gasteiger partial charge in [0.25, 0.3) is 5.91 Å². The zero-order chi connectivity index (χ0) is 25.3. The quantitative estimate of drug-likeness (QED) is 0.503. The van der Waals surface area contributed by atoms with Crippen molar-refractivity contribution in [3.8, 4) is 11.5 Å². The number of carbonyl (C=O) groups excluding carboxylic acids is 2. The number of ether oxygens (including phenoxy) is 2. The van der Waals surface area contributed by atoms with E-state index in [1.807, 2.05) is 66.9 Å². The number of rotatable bonds is 8. The van der Waals surface area contributed by atoms with Crippen molar-refractivity contribution in [1.29, 1.82) is 0 Å². The second-order valence-electron chi connectivity index (χ2n) is 10.1. The summed E-state index contributed by atoms with van der Waals surface area (Å²) < 4.78 is 13.0. The topological polar surface area (TPSA) is 72.8 Å². The summed E-state index contributed by atoms with van der Waals surface area (Å²) >= 11 is 0. The van der Waals surface area contributed by atoms with Crippen molar-refractivity contribution >= 4 is 22.7 Å². The van der Waals surface area contributed by atoms with Gasteiger partial charge in [0.05, 0.1) is 25.8 Å². The molecule has 36 heavy (non-hydrogen) atoms. The van der Waals surface area contributed by atoms with Crippen LogP contribution < -0.4 is 14.8 Å². The number of hydrogen-bond acceptors (Lipinski definition) is 4. The first-order valence-electron chi connectivity index (χ1n) is 12.9. The molecule has 1 fully saturated rings. The molecular weight excluding hydrogens is 454 g/mol. The van der Waals surface area contributed by atoms with Crippen molar-refractivity contribution in [2.24, 2.45) is 0 Å². The summed E-state index contributed by atoms with van der Waals surface area (Å²) in [7, 11) is 1.63. The smallest absolute Gasteiger partial charge is 0.271 e. The van der Waals surface area contributed by atoms with Gasteiger partial charge < -0.3 is 24.3 Å². The molecule has 0 bridgehead atoms. The molecule has 1 N–H and O–H groups in total. The van der Waals surface area contributed by atoms with Gasteiger partial charge in [-0.2, -0.15) is 0 Å². The molecule has 7 heteroatoms.